The number of nitrogens with one attached hydrogen (secondary N) is 2. The first-order chi connectivity index (χ1) is 9.33. The number of aliphatic hydroxyl groups is 1. The van der Waals surface area contributed by atoms with Crippen LogP contribution in [0.2, 0.25) is 0 Å². The Hall–Kier alpha value is -1.50. The third kappa shape index (κ3) is 2.91. The summed E-state index contributed by atoms with van der Waals surface area (Å²) in [6.45, 7) is 1.62. The number of anilines is 1. The number of piperidine rings is 1. The molecule has 0 bridgehead atoms. The maximum Gasteiger partial charge on any atom is 0.206 e. The van der Waals surface area contributed by atoms with Crippen molar-refractivity contribution in [1.82, 2.24) is 15.5 Å². The number of rotatable bonds is 3. The Labute approximate surface area is 115 Å². The van der Waals surface area contributed by atoms with Gasteiger partial charge >= 0.3 is 0 Å². The average molecular weight is 276 g/mol. The molecule has 6 heteroatoms. The third-order valence-electron chi connectivity index (χ3n) is 3.20. The van der Waals surface area contributed by atoms with Crippen molar-refractivity contribution >= 4 is 16.5 Å². The van der Waals surface area contributed by atoms with E-state index in [1.165, 1.54) is 11.3 Å². The van der Waals surface area contributed by atoms with Gasteiger partial charge in [-0.25, -0.2) is 0 Å². The molecule has 0 saturated carbocycles. The topological polar surface area (TPSA) is 70.1 Å². The van der Waals surface area contributed by atoms with Crippen molar-refractivity contribution in [1.29, 1.82) is 0 Å². The molecule has 1 aliphatic heterocycles. The van der Waals surface area contributed by atoms with Gasteiger partial charge in [0, 0.05) is 12.1 Å². The lowest BCUT2D eigenvalue weighted by atomic mass is 10.0. The van der Waals surface area contributed by atoms with Crippen LogP contribution >= 0.6 is 11.3 Å². The van der Waals surface area contributed by atoms with Gasteiger partial charge in [0.25, 0.3) is 0 Å². The predicted molar refractivity (Wildman–Crippen MR) is 76.2 cm³/mol. The molecule has 1 aromatic heterocycles. The first-order valence-corrected chi connectivity index (χ1v) is 7.19. The monoisotopic (exact) mass is 276 g/mol. The van der Waals surface area contributed by atoms with Crippen molar-refractivity contribution in [2.75, 3.05) is 18.4 Å². The molecule has 2 heterocycles. The molecule has 3 rings (SSSR count). The number of nitrogens with zero attached hydrogens (tertiary/aromatic N) is 2. The smallest absolute Gasteiger partial charge is 0.206 e. The van der Waals surface area contributed by atoms with Gasteiger partial charge in [-0.05, 0) is 13.0 Å². The highest BCUT2D eigenvalue weighted by Gasteiger charge is 2.23. The Bertz CT molecular complexity index is 530. The van der Waals surface area contributed by atoms with Crippen LogP contribution in [0, 0.1) is 0 Å². The zero-order chi connectivity index (χ0) is 13.1. The second kappa shape index (κ2) is 5.64. The molecule has 1 aromatic carbocycles. The fourth-order valence-corrected chi connectivity index (χ4v) is 2.94. The summed E-state index contributed by atoms with van der Waals surface area (Å²) >= 11 is 1.51. The van der Waals surface area contributed by atoms with Crippen LogP contribution in [0.3, 0.4) is 0 Å². The van der Waals surface area contributed by atoms with Gasteiger partial charge in [-0.1, -0.05) is 41.7 Å². The summed E-state index contributed by atoms with van der Waals surface area (Å²) in [5.74, 6) is 0. The number of aliphatic hydroxyl groups excluding tert-OH is 1. The fraction of sp³-hybridized carbons (Fsp3) is 0.385. The predicted octanol–water partition coefficient (Wildman–Crippen LogP) is 1.34. The van der Waals surface area contributed by atoms with Crippen LogP contribution in [-0.2, 0) is 0 Å². The zero-order valence-corrected chi connectivity index (χ0v) is 11.2. The van der Waals surface area contributed by atoms with Crippen LogP contribution in [0.5, 0.6) is 0 Å². The van der Waals surface area contributed by atoms with E-state index in [0.29, 0.717) is 0 Å². The van der Waals surface area contributed by atoms with E-state index in [-0.39, 0.29) is 12.1 Å². The molecule has 0 aliphatic carbocycles. The van der Waals surface area contributed by atoms with E-state index in [9.17, 15) is 5.11 Å². The van der Waals surface area contributed by atoms with Crippen molar-refractivity contribution in [3.63, 3.8) is 0 Å². The van der Waals surface area contributed by atoms with Gasteiger partial charge in [0.2, 0.25) is 5.13 Å². The summed E-state index contributed by atoms with van der Waals surface area (Å²) in [5.41, 5.74) is 1.07. The maximum absolute atomic E-state index is 9.91. The normalized spacial score (nSPS) is 23.2. The Kier molecular flexibility index (Phi) is 3.72. The van der Waals surface area contributed by atoms with E-state index in [0.717, 1.165) is 35.2 Å². The average Bonchev–Trinajstić information content (AvgIpc) is 2.91. The van der Waals surface area contributed by atoms with Crippen LogP contribution in [0.15, 0.2) is 30.3 Å². The number of benzene rings is 1. The molecular formula is C13H16N4OS. The summed E-state index contributed by atoms with van der Waals surface area (Å²) < 4.78 is 0. The minimum atomic E-state index is -0.328. The Morgan fingerprint density at radius 3 is 2.89 bits per heavy atom. The van der Waals surface area contributed by atoms with Crippen LogP contribution < -0.4 is 10.6 Å². The molecular weight excluding hydrogens is 260 g/mol. The van der Waals surface area contributed by atoms with E-state index >= 15 is 0 Å². The largest absolute Gasteiger partial charge is 0.391 e. The van der Waals surface area contributed by atoms with Crippen LogP contribution in [-0.4, -0.2) is 40.5 Å². The second-order valence-corrected chi connectivity index (χ2v) is 5.57. The highest BCUT2D eigenvalue weighted by atomic mass is 32.1. The van der Waals surface area contributed by atoms with E-state index in [2.05, 4.69) is 20.8 Å². The van der Waals surface area contributed by atoms with Gasteiger partial charge < -0.3 is 15.7 Å². The lowest BCUT2D eigenvalue weighted by molar-refractivity contribution is 0.124. The van der Waals surface area contributed by atoms with Crippen molar-refractivity contribution in [2.45, 2.75) is 18.6 Å². The highest BCUT2D eigenvalue weighted by Crippen LogP contribution is 2.26. The van der Waals surface area contributed by atoms with Gasteiger partial charge in [0.05, 0.1) is 12.1 Å². The molecule has 0 spiro atoms. The Morgan fingerprint density at radius 2 is 2.11 bits per heavy atom. The summed E-state index contributed by atoms with van der Waals surface area (Å²) in [6.07, 6.45) is 0.437. The van der Waals surface area contributed by atoms with Crippen molar-refractivity contribution in [2.24, 2.45) is 0 Å². The molecule has 2 aromatic rings. The molecule has 100 valence electrons. The molecule has 1 saturated heterocycles. The van der Waals surface area contributed by atoms with E-state index in [1.807, 2.05) is 30.3 Å². The SMILES string of the molecule is O[C@@H]1CCNC[C@@H]1Nc1nnc(-c2ccccc2)s1. The summed E-state index contributed by atoms with van der Waals surface area (Å²) in [6, 6.07) is 9.98. The van der Waals surface area contributed by atoms with Crippen molar-refractivity contribution in [3.8, 4) is 10.6 Å². The third-order valence-corrected chi connectivity index (χ3v) is 4.10. The number of aromatic nitrogens is 2. The number of hydrogen-bond acceptors (Lipinski definition) is 6. The zero-order valence-electron chi connectivity index (χ0n) is 10.4. The van der Waals surface area contributed by atoms with Crippen molar-refractivity contribution in [3.05, 3.63) is 30.3 Å². The van der Waals surface area contributed by atoms with E-state index in [4.69, 9.17) is 0 Å². The maximum atomic E-state index is 9.91. The van der Waals surface area contributed by atoms with Gasteiger partial charge in [0.1, 0.15) is 5.01 Å². The van der Waals surface area contributed by atoms with Gasteiger partial charge in [0.15, 0.2) is 0 Å². The van der Waals surface area contributed by atoms with E-state index in [1.54, 1.807) is 0 Å². The Balaban J connectivity index is 1.71. The lowest BCUT2D eigenvalue weighted by Crippen LogP contribution is -2.48. The first-order valence-electron chi connectivity index (χ1n) is 6.37. The minimum Gasteiger partial charge on any atom is -0.391 e. The molecule has 0 unspecified atom stereocenters. The minimum absolute atomic E-state index is 0.00493. The van der Waals surface area contributed by atoms with Gasteiger partial charge in [-0.3, -0.25) is 0 Å². The first kappa shape index (κ1) is 12.5. The molecule has 2 atom stereocenters. The Morgan fingerprint density at radius 1 is 1.26 bits per heavy atom. The van der Waals surface area contributed by atoms with Crippen LogP contribution in [0.25, 0.3) is 10.6 Å². The summed E-state index contributed by atoms with van der Waals surface area (Å²) in [4.78, 5) is 0. The quantitative estimate of drug-likeness (QED) is 0.789. The van der Waals surface area contributed by atoms with Crippen LogP contribution in [0.4, 0.5) is 5.13 Å². The molecule has 19 heavy (non-hydrogen) atoms. The standard InChI is InChI=1S/C13H16N4OS/c18-11-6-7-14-8-10(11)15-13-17-16-12(19-13)9-4-2-1-3-5-9/h1-5,10-11,14,18H,6-8H2,(H,15,17)/t10-,11+/m0/s1. The molecule has 3 N–H and O–H groups in total. The molecule has 5 nitrogen and oxygen atoms in total. The summed E-state index contributed by atoms with van der Waals surface area (Å²) in [7, 11) is 0. The number of hydrogen-bond donors (Lipinski definition) is 3. The summed E-state index contributed by atoms with van der Waals surface area (Å²) in [5, 5.41) is 26.4. The molecule has 0 radical (unpaired) electrons. The fourth-order valence-electron chi connectivity index (χ4n) is 2.13. The van der Waals surface area contributed by atoms with Gasteiger partial charge in [-0.15, -0.1) is 10.2 Å². The molecule has 1 fully saturated rings. The van der Waals surface area contributed by atoms with Crippen LogP contribution in [0.1, 0.15) is 6.42 Å². The highest BCUT2D eigenvalue weighted by molar-refractivity contribution is 7.18. The lowest BCUT2D eigenvalue weighted by Gasteiger charge is -2.28. The molecule has 1 aliphatic rings. The van der Waals surface area contributed by atoms with Crippen molar-refractivity contribution < 1.29 is 5.11 Å². The molecule has 0 amide bonds. The second-order valence-electron chi connectivity index (χ2n) is 4.59. The van der Waals surface area contributed by atoms with E-state index < -0.39 is 0 Å². The van der Waals surface area contributed by atoms with Gasteiger partial charge in [-0.2, -0.15) is 0 Å².